The van der Waals surface area contributed by atoms with Crippen molar-refractivity contribution in [3.8, 4) is 11.5 Å². The van der Waals surface area contributed by atoms with Gasteiger partial charge in [-0.25, -0.2) is 4.39 Å². The van der Waals surface area contributed by atoms with Gasteiger partial charge in [-0.2, -0.15) is 0 Å². The van der Waals surface area contributed by atoms with Crippen molar-refractivity contribution in [1.82, 2.24) is 4.90 Å². The fraction of sp³-hybridized carbons (Fsp3) is 0.185. The number of rotatable bonds is 6. The molecule has 7 heteroatoms. The summed E-state index contributed by atoms with van der Waals surface area (Å²) in [5.41, 5.74) is 1.29. The summed E-state index contributed by atoms with van der Waals surface area (Å²) in [5, 5.41) is 21.2. The number of aliphatic hydroxyl groups is 1. The molecule has 3 aromatic rings. The van der Waals surface area contributed by atoms with Crippen molar-refractivity contribution in [2.45, 2.75) is 32.5 Å². The lowest BCUT2D eigenvalue weighted by Crippen LogP contribution is -2.29. The molecule has 6 nitrogen and oxygen atoms in total. The fourth-order valence-corrected chi connectivity index (χ4v) is 4.02. The SMILES string of the molecule is CC(C)Oc1cccc(/C(O)=C2/C(=O)C(=O)N(Cc3ccc(F)cc3)C2c2cccc(O)c2)c1. The largest absolute Gasteiger partial charge is 0.508 e. The number of phenolic OH excluding ortho intramolecular Hbond substituents is 1. The van der Waals surface area contributed by atoms with Gasteiger partial charge in [0.15, 0.2) is 0 Å². The van der Waals surface area contributed by atoms with E-state index >= 15 is 0 Å². The summed E-state index contributed by atoms with van der Waals surface area (Å²) in [4.78, 5) is 27.5. The van der Waals surface area contributed by atoms with Gasteiger partial charge >= 0.3 is 0 Å². The van der Waals surface area contributed by atoms with Crippen LogP contribution in [0.2, 0.25) is 0 Å². The summed E-state index contributed by atoms with van der Waals surface area (Å²) in [5.74, 6) is -1.94. The van der Waals surface area contributed by atoms with E-state index in [1.807, 2.05) is 13.8 Å². The number of phenols is 1. The highest BCUT2D eigenvalue weighted by atomic mass is 19.1. The minimum Gasteiger partial charge on any atom is -0.508 e. The van der Waals surface area contributed by atoms with E-state index in [1.165, 1.54) is 41.3 Å². The van der Waals surface area contributed by atoms with Gasteiger partial charge in [0, 0.05) is 12.1 Å². The molecule has 2 N–H and O–H groups in total. The Kier molecular flexibility index (Phi) is 6.36. The molecule has 0 aliphatic carbocycles. The average Bonchev–Trinajstić information content (AvgIpc) is 3.05. The molecule has 1 unspecified atom stereocenters. The summed E-state index contributed by atoms with van der Waals surface area (Å²) in [6.07, 6.45) is -0.0917. The van der Waals surface area contributed by atoms with Crippen molar-refractivity contribution >= 4 is 17.4 Å². The highest BCUT2D eigenvalue weighted by Gasteiger charge is 2.46. The van der Waals surface area contributed by atoms with Gasteiger partial charge in [0.25, 0.3) is 11.7 Å². The third-order valence-electron chi connectivity index (χ3n) is 5.47. The fourth-order valence-electron chi connectivity index (χ4n) is 4.02. The molecule has 3 aromatic carbocycles. The third kappa shape index (κ3) is 4.64. The van der Waals surface area contributed by atoms with E-state index in [2.05, 4.69) is 0 Å². The number of aliphatic hydroxyl groups excluding tert-OH is 1. The second kappa shape index (κ2) is 9.39. The zero-order valence-electron chi connectivity index (χ0n) is 18.7. The lowest BCUT2D eigenvalue weighted by atomic mass is 9.95. The van der Waals surface area contributed by atoms with Crippen LogP contribution < -0.4 is 4.74 Å². The van der Waals surface area contributed by atoms with Crippen molar-refractivity contribution in [3.05, 3.63) is 101 Å². The number of carbonyl (C=O) groups is 2. The molecule has 1 aliphatic rings. The molecular formula is C27H24FNO5. The van der Waals surface area contributed by atoms with Crippen LogP contribution in [0.4, 0.5) is 4.39 Å². The standard InChI is InChI=1S/C27H24FNO5/c1-16(2)34-22-8-4-6-19(14-22)25(31)23-24(18-5-3-7-21(30)13-18)29(27(33)26(23)32)15-17-9-11-20(28)12-10-17/h3-14,16,24,30-31H,15H2,1-2H3/b25-23-. The van der Waals surface area contributed by atoms with Crippen LogP contribution in [0, 0.1) is 5.82 Å². The van der Waals surface area contributed by atoms with Crippen LogP contribution in [-0.2, 0) is 16.1 Å². The van der Waals surface area contributed by atoms with Crippen LogP contribution in [0.5, 0.6) is 11.5 Å². The minimum atomic E-state index is -0.952. The molecule has 34 heavy (non-hydrogen) atoms. The molecule has 0 spiro atoms. The van der Waals surface area contributed by atoms with E-state index in [4.69, 9.17) is 4.74 Å². The summed E-state index contributed by atoms with van der Waals surface area (Å²) >= 11 is 0. The Morgan fingerprint density at radius 2 is 1.74 bits per heavy atom. The Labute approximate surface area is 196 Å². The molecule has 0 radical (unpaired) electrons. The normalized spacial score (nSPS) is 17.4. The molecule has 1 aliphatic heterocycles. The quantitative estimate of drug-likeness (QED) is 0.308. The van der Waals surface area contributed by atoms with Gasteiger partial charge < -0.3 is 19.8 Å². The first-order valence-corrected chi connectivity index (χ1v) is 10.8. The third-order valence-corrected chi connectivity index (χ3v) is 5.47. The number of hydrogen-bond acceptors (Lipinski definition) is 5. The van der Waals surface area contributed by atoms with Crippen molar-refractivity contribution in [3.63, 3.8) is 0 Å². The second-order valence-corrected chi connectivity index (χ2v) is 8.34. The number of ether oxygens (including phenoxy) is 1. The van der Waals surface area contributed by atoms with E-state index in [1.54, 1.807) is 36.4 Å². The maximum absolute atomic E-state index is 13.4. The van der Waals surface area contributed by atoms with E-state index in [0.29, 0.717) is 22.4 Å². The predicted molar refractivity (Wildman–Crippen MR) is 125 cm³/mol. The molecule has 1 fully saturated rings. The minimum absolute atomic E-state index is 0.0124. The number of nitrogens with zero attached hydrogens (tertiary/aromatic N) is 1. The number of halogens is 1. The lowest BCUT2D eigenvalue weighted by molar-refractivity contribution is -0.140. The molecule has 174 valence electrons. The molecule has 0 bridgehead atoms. The highest BCUT2D eigenvalue weighted by Crippen LogP contribution is 2.41. The highest BCUT2D eigenvalue weighted by molar-refractivity contribution is 6.46. The maximum Gasteiger partial charge on any atom is 0.295 e. The van der Waals surface area contributed by atoms with Gasteiger partial charge in [-0.05, 0) is 61.4 Å². The smallest absolute Gasteiger partial charge is 0.295 e. The zero-order chi connectivity index (χ0) is 24.4. The number of hydrogen-bond donors (Lipinski definition) is 2. The number of amides is 1. The summed E-state index contributed by atoms with van der Waals surface area (Å²) in [6.45, 7) is 3.75. The van der Waals surface area contributed by atoms with Crippen molar-refractivity contribution in [2.24, 2.45) is 0 Å². The monoisotopic (exact) mass is 461 g/mol. The molecule has 1 saturated heterocycles. The van der Waals surface area contributed by atoms with Gasteiger partial charge in [0.1, 0.15) is 23.1 Å². The van der Waals surface area contributed by atoms with E-state index in [-0.39, 0.29) is 29.7 Å². The first kappa shape index (κ1) is 23.0. The Morgan fingerprint density at radius 3 is 2.41 bits per heavy atom. The Bertz CT molecular complexity index is 1270. The van der Waals surface area contributed by atoms with E-state index < -0.39 is 23.5 Å². The topological polar surface area (TPSA) is 87.1 Å². The van der Waals surface area contributed by atoms with Crippen molar-refractivity contribution < 1.29 is 28.9 Å². The number of aromatic hydroxyl groups is 1. The summed E-state index contributed by atoms with van der Waals surface area (Å²) in [6, 6.07) is 17.5. The summed E-state index contributed by atoms with van der Waals surface area (Å²) < 4.78 is 19.1. The lowest BCUT2D eigenvalue weighted by Gasteiger charge is -2.25. The number of likely N-dealkylation sites (tertiary alicyclic amines) is 1. The number of ketones is 1. The van der Waals surface area contributed by atoms with Gasteiger partial charge in [-0.3, -0.25) is 9.59 Å². The van der Waals surface area contributed by atoms with E-state index in [9.17, 15) is 24.2 Å². The van der Waals surface area contributed by atoms with Gasteiger partial charge in [-0.1, -0.05) is 36.4 Å². The molecule has 1 atom stereocenters. The molecule has 0 saturated carbocycles. The van der Waals surface area contributed by atoms with Crippen molar-refractivity contribution in [1.29, 1.82) is 0 Å². The number of Topliss-reactive ketones (excluding diaryl/α,β-unsaturated/α-hetero) is 1. The van der Waals surface area contributed by atoms with Crippen LogP contribution in [0.3, 0.4) is 0 Å². The first-order chi connectivity index (χ1) is 16.2. The van der Waals surface area contributed by atoms with Gasteiger partial charge in [0.2, 0.25) is 0 Å². The van der Waals surface area contributed by atoms with Crippen LogP contribution in [0.15, 0.2) is 78.4 Å². The molecular weight excluding hydrogens is 437 g/mol. The van der Waals surface area contributed by atoms with Crippen LogP contribution >= 0.6 is 0 Å². The summed E-state index contributed by atoms with van der Waals surface area (Å²) in [7, 11) is 0. The Hall–Kier alpha value is -4.13. The van der Waals surface area contributed by atoms with Gasteiger partial charge in [-0.15, -0.1) is 0 Å². The predicted octanol–water partition coefficient (Wildman–Crippen LogP) is 4.94. The molecule has 4 rings (SSSR count). The number of carbonyl (C=O) groups excluding carboxylic acids is 2. The van der Waals surface area contributed by atoms with Crippen LogP contribution in [-0.4, -0.2) is 32.9 Å². The van der Waals surface area contributed by atoms with Crippen molar-refractivity contribution in [2.75, 3.05) is 0 Å². The second-order valence-electron chi connectivity index (χ2n) is 8.34. The van der Waals surface area contributed by atoms with E-state index in [0.717, 1.165) is 0 Å². The molecule has 0 aromatic heterocycles. The zero-order valence-corrected chi connectivity index (χ0v) is 18.7. The average molecular weight is 461 g/mol. The Balaban J connectivity index is 1.83. The number of benzene rings is 3. The molecule has 1 amide bonds. The molecule has 1 heterocycles. The Morgan fingerprint density at radius 1 is 1.03 bits per heavy atom. The van der Waals surface area contributed by atoms with Gasteiger partial charge in [0.05, 0.1) is 17.7 Å². The first-order valence-electron chi connectivity index (χ1n) is 10.8. The van der Waals surface area contributed by atoms with Crippen LogP contribution in [0.1, 0.15) is 36.6 Å². The maximum atomic E-state index is 13.4. The van der Waals surface area contributed by atoms with Crippen LogP contribution in [0.25, 0.3) is 5.76 Å².